The highest BCUT2D eigenvalue weighted by atomic mass is 32.1. The number of hydrogen-bond donors (Lipinski definition) is 2. The standard InChI is InChI=1S/C13H23N3OS/c1-4-6-8-16(3)11-9-10(14)12(18-11)13(17)15-7-5-2/h9H,4-8,14H2,1-3H3,(H,15,17). The molecular weight excluding hydrogens is 246 g/mol. The van der Waals surface area contributed by atoms with Crippen LogP contribution in [0.25, 0.3) is 0 Å². The molecule has 5 heteroatoms. The van der Waals surface area contributed by atoms with Crippen LogP contribution >= 0.6 is 11.3 Å². The molecule has 0 unspecified atom stereocenters. The molecule has 0 atom stereocenters. The molecule has 0 aliphatic rings. The lowest BCUT2D eigenvalue weighted by atomic mass is 10.3. The number of unbranched alkanes of at least 4 members (excludes halogenated alkanes) is 1. The molecule has 0 aromatic carbocycles. The Kier molecular flexibility index (Phi) is 5.98. The molecule has 1 amide bonds. The van der Waals surface area contributed by atoms with Gasteiger partial charge in [0, 0.05) is 20.1 Å². The van der Waals surface area contributed by atoms with E-state index < -0.39 is 0 Å². The summed E-state index contributed by atoms with van der Waals surface area (Å²) in [6.07, 6.45) is 3.24. The van der Waals surface area contributed by atoms with Crippen LogP contribution in [0.4, 0.5) is 10.7 Å². The maximum Gasteiger partial charge on any atom is 0.263 e. The third kappa shape index (κ3) is 3.91. The van der Waals surface area contributed by atoms with E-state index in [0.717, 1.165) is 30.8 Å². The minimum atomic E-state index is -0.0607. The van der Waals surface area contributed by atoms with Crippen LogP contribution < -0.4 is 16.0 Å². The van der Waals surface area contributed by atoms with Crippen LogP contribution in [0.1, 0.15) is 42.8 Å². The van der Waals surface area contributed by atoms with Crippen molar-refractivity contribution in [3.63, 3.8) is 0 Å². The summed E-state index contributed by atoms with van der Waals surface area (Å²) in [5.74, 6) is -0.0607. The van der Waals surface area contributed by atoms with Gasteiger partial charge in [0.15, 0.2) is 0 Å². The highest BCUT2D eigenvalue weighted by Gasteiger charge is 2.15. The third-order valence-electron chi connectivity index (χ3n) is 2.71. The number of amides is 1. The van der Waals surface area contributed by atoms with Gasteiger partial charge in [0.1, 0.15) is 4.88 Å². The van der Waals surface area contributed by atoms with Crippen LogP contribution in [0.15, 0.2) is 6.07 Å². The first-order valence-corrected chi connectivity index (χ1v) is 7.30. The van der Waals surface area contributed by atoms with Crippen LogP contribution in [0, 0.1) is 0 Å². The number of carbonyl (C=O) groups is 1. The molecule has 4 nitrogen and oxygen atoms in total. The molecule has 18 heavy (non-hydrogen) atoms. The maximum absolute atomic E-state index is 11.9. The van der Waals surface area contributed by atoms with Crippen LogP contribution in [-0.4, -0.2) is 26.0 Å². The van der Waals surface area contributed by atoms with Gasteiger partial charge in [0.05, 0.1) is 10.7 Å². The van der Waals surface area contributed by atoms with Gasteiger partial charge in [-0.1, -0.05) is 20.3 Å². The first-order chi connectivity index (χ1) is 8.60. The molecule has 0 radical (unpaired) electrons. The summed E-state index contributed by atoms with van der Waals surface area (Å²) in [7, 11) is 2.04. The monoisotopic (exact) mass is 269 g/mol. The van der Waals surface area contributed by atoms with E-state index in [1.807, 2.05) is 20.0 Å². The van der Waals surface area contributed by atoms with E-state index >= 15 is 0 Å². The smallest absolute Gasteiger partial charge is 0.263 e. The second-order valence-electron chi connectivity index (χ2n) is 4.40. The molecule has 0 aliphatic heterocycles. The Balaban J connectivity index is 2.71. The highest BCUT2D eigenvalue weighted by molar-refractivity contribution is 7.18. The lowest BCUT2D eigenvalue weighted by molar-refractivity contribution is 0.0958. The molecule has 102 valence electrons. The zero-order valence-corrected chi connectivity index (χ0v) is 12.3. The Morgan fingerprint density at radius 2 is 2.17 bits per heavy atom. The Bertz CT molecular complexity index is 390. The topological polar surface area (TPSA) is 58.4 Å². The molecule has 0 fully saturated rings. The fourth-order valence-electron chi connectivity index (χ4n) is 1.58. The van der Waals surface area contributed by atoms with Crippen molar-refractivity contribution in [2.45, 2.75) is 33.1 Å². The summed E-state index contributed by atoms with van der Waals surface area (Å²) >= 11 is 1.47. The first-order valence-electron chi connectivity index (χ1n) is 6.48. The predicted molar refractivity (Wildman–Crippen MR) is 79.5 cm³/mol. The third-order valence-corrected chi connectivity index (χ3v) is 3.98. The fourth-order valence-corrected chi connectivity index (χ4v) is 2.57. The van der Waals surface area contributed by atoms with Crippen LogP contribution in [0.2, 0.25) is 0 Å². The van der Waals surface area contributed by atoms with E-state index in [-0.39, 0.29) is 5.91 Å². The number of carbonyl (C=O) groups excluding carboxylic acids is 1. The van der Waals surface area contributed by atoms with Crippen LogP contribution in [0.5, 0.6) is 0 Å². The van der Waals surface area contributed by atoms with Crippen LogP contribution in [-0.2, 0) is 0 Å². The molecule has 0 saturated carbocycles. The second kappa shape index (κ2) is 7.26. The van der Waals surface area contributed by atoms with Crippen molar-refractivity contribution in [2.75, 3.05) is 30.8 Å². The largest absolute Gasteiger partial charge is 0.397 e. The Morgan fingerprint density at radius 3 is 2.78 bits per heavy atom. The van der Waals surface area contributed by atoms with Gasteiger partial charge in [-0.2, -0.15) is 0 Å². The van der Waals surface area contributed by atoms with Crippen molar-refractivity contribution in [1.82, 2.24) is 5.32 Å². The predicted octanol–water partition coefficient (Wildman–Crippen LogP) is 2.71. The molecule has 0 bridgehead atoms. The van der Waals surface area contributed by atoms with E-state index in [0.29, 0.717) is 17.1 Å². The van der Waals surface area contributed by atoms with Gasteiger partial charge in [-0.05, 0) is 18.9 Å². The highest BCUT2D eigenvalue weighted by Crippen LogP contribution is 2.31. The molecule has 0 saturated heterocycles. The number of rotatable bonds is 7. The first kappa shape index (κ1) is 14.8. The maximum atomic E-state index is 11.9. The van der Waals surface area contributed by atoms with Gasteiger partial charge in [-0.3, -0.25) is 4.79 Å². The number of nitrogens with zero attached hydrogens (tertiary/aromatic N) is 1. The number of nitrogens with one attached hydrogen (secondary N) is 1. The van der Waals surface area contributed by atoms with Gasteiger partial charge < -0.3 is 16.0 Å². The fraction of sp³-hybridized carbons (Fsp3) is 0.615. The molecule has 1 rings (SSSR count). The average Bonchev–Trinajstić information content (AvgIpc) is 2.75. The van der Waals surface area contributed by atoms with Crippen molar-refractivity contribution in [1.29, 1.82) is 0 Å². The Morgan fingerprint density at radius 1 is 1.44 bits per heavy atom. The minimum Gasteiger partial charge on any atom is -0.397 e. The van der Waals surface area contributed by atoms with E-state index in [4.69, 9.17) is 5.73 Å². The summed E-state index contributed by atoms with van der Waals surface area (Å²) in [6, 6.07) is 1.89. The molecule has 0 spiro atoms. The molecule has 1 aromatic rings. The Hall–Kier alpha value is -1.23. The summed E-state index contributed by atoms with van der Waals surface area (Å²) < 4.78 is 0. The van der Waals surface area contributed by atoms with Crippen molar-refractivity contribution in [3.05, 3.63) is 10.9 Å². The second-order valence-corrected chi connectivity index (χ2v) is 5.43. The summed E-state index contributed by atoms with van der Waals surface area (Å²) in [4.78, 5) is 14.7. The zero-order chi connectivity index (χ0) is 13.5. The normalized spacial score (nSPS) is 10.4. The number of nitrogen functional groups attached to an aromatic ring is 1. The number of hydrogen-bond acceptors (Lipinski definition) is 4. The van der Waals surface area contributed by atoms with Crippen molar-refractivity contribution >= 4 is 27.9 Å². The summed E-state index contributed by atoms with van der Waals surface area (Å²) in [5.41, 5.74) is 6.48. The quantitative estimate of drug-likeness (QED) is 0.800. The summed E-state index contributed by atoms with van der Waals surface area (Å²) in [6.45, 7) is 5.88. The number of anilines is 2. The van der Waals surface area contributed by atoms with E-state index in [1.165, 1.54) is 11.3 Å². The average molecular weight is 269 g/mol. The Labute approximate surface area is 113 Å². The van der Waals surface area contributed by atoms with Gasteiger partial charge in [-0.25, -0.2) is 0 Å². The lowest BCUT2D eigenvalue weighted by Gasteiger charge is -2.15. The minimum absolute atomic E-state index is 0.0607. The van der Waals surface area contributed by atoms with E-state index in [9.17, 15) is 4.79 Å². The molecule has 3 N–H and O–H groups in total. The molecule has 1 aromatic heterocycles. The number of thiophene rings is 1. The van der Waals surface area contributed by atoms with Gasteiger partial charge in [-0.15, -0.1) is 11.3 Å². The van der Waals surface area contributed by atoms with Crippen molar-refractivity contribution < 1.29 is 4.79 Å². The molecule has 0 aliphatic carbocycles. The van der Waals surface area contributed by atoms with Crippen LogP contribution in [0.3, 0.4) is 0 Å². The van der Waals surface area contributed by atoms with Gasteiger partial charge in [0.2, 0.25) is 0 Å². The van der Waals surface area contributed by atoms with Gasteiger partial charge >= 0.3 is 0 Å². The molecular formula is C13H23N3OS. The van der Waals surface area contributed by atoms with Crippen molar-refractivity contribution in [2.24, 2.45) is 0 Å². The van der Waals surface area contributed by atoms with E-state index in [2.05, 4.69) is 17.1 Å². The molecule has 1 heterocycles. The summed E-state index contributed by atoms with van der Waals surface area (Å²) in [5, 5.41) is 3.92. The zero-order valence-electron chi connectivity index (χ0n) is 11.5. The number of nitrogens with two attached hydrogens (primary N) is 1. The van der Waals surface area contributed by atoms with Gasteiger partial charge in [0.25, 0.3) is 5.91 Å². The lowest BCUT2D eigenvalue weighted by Crippen LogP contribution is -2.23. The SMILES string of the molecule is CCCCN(C)c1cc(N)c(C(=O)NCCC)s1. The van der Waals surface area contributed by atoms with E-state index in [1.54, 1.807) is 0 Å². The van der Waals surface area contributed by atoms with Crippen molar-refractivity contribution in [3.8, 4) is 0 Å².